The molecule has 0 saturated heterocycles. The molecule has 1 heterocycles. The van der Waals surface area contributed by atoms with Gasteiger partial charge in [-0.25, -0.2) is 0 Å². The molecule has 1 saturated carbocycles. The van der Waals surface area contributed by atoms with E-state index in [2.05, 4.69) is 0 Å². The fraction of sp³-hybridized carbons (Fsp3) is 0.500. The van der Waals surface area contributed by atoms with Crippen molar-refractivity contribution in [2.24, 2.45) is 0 Å². The normalized spacial score (nSPS) is 16.9. The fourth-order valence-electron chi connectivity index (χ4n) is 2.51. The van der Waals surface area contributed by atoms with E-state index >= 15 is 0 Å². The zero-order chi connectivity index (χ0) is 14.1. The third-order valence-electron chi connectivity index (χ3n) is 3.79. The van der Waals surface area contributed by atoms with Crippen molar-refractivity contribution in [1.82, 2.24) is 4.90 Å². The molecule has 1 amide bonds. The minimum atomic E-state index is -0.121. The minimum Gasteiger partial charge on any atom is -0.454 e. The van der Waals surface area contributed by atoms with E-state index in [4.69, 9.17) is 26.2 Å². The highest BCUT2D eigenvalue weighted by Gasteiger charge is 2.30. The van der Waals surface area contributed by atoms with Gasteiger partial charge in [0, 0.05) is 18.2 Å². The number of carbonyl (C=O) groups is 1. The van der Waals surface area contributed by atoms with E-state index < -0.39 is 0 Å². The van der Waals surface area contributed by atoms with Crippen LogP contribution < -0.4 is 9.47 Å². The van der Waals surface area contributed by atoms with E-state index in [1.807, 2.05) is 0 Å². The lowest BCUT2D eigenvalue weighted by Crippen LogP contribution is -2.45. The summed E-state index contributed by atoms with van der Waals surface area (Å²) in [5.41, 5.74) is 0.472. The number of aliphatic hydroxyl groups is 1. The number of benzene rings is 1. The van der Waals surface area contributed by atoms with Crippen LogP contribution in [0.4, 0.5) is 0 Å². The van der Waals surface area contributed by atoms with Crippen LogP contribution in [0.15, 0.2) is 12.1 Å². The molecule has 1 aromatic rings. The van der Waals surface area contributed by atoms with Crippen LogP contribution in [0.1, 0.15) is 29.6 Å². The Morgan fingerprint density at radius 2 is 2.20 bits per heavy atom. The summed E-state index contributed by atoms with van der Waals surface area (Å²) in [5, 5.41) is 9.52. The highest BCUT2D eigenvalue weighted by molar-refractivity contribution is 6.32. The first-order chi connectivity index (χ1) is 9.70. The van der Waals surface area contributed by atoms with Crippen molar-refractivity contribution >= 4 is 17.5 Å². The quantitative estimate of drug-likeness (QED) is 0.924. The highest BCUT2D eigenvalue weighted by Crippen LogP contribution is 2.40. The van der Waals surface area contributed by atoms with Crippen molar-refractivity contribution in [3.8, 4) is 11.5 Å². The van der Waals surface area contributed by atoms with Crippen LogP contribution in [0.25, 0.3) is 0 Å². The number of aliphatic hydroxyl groups excluding tert-OH is 1. The first-order valence-electron chi connectivity index (χ1n) is 6.71. The zero-order valence-corrected chi connectivity index (χ0v) is 11.7. The van der Waals surface area contributed by atoms with Gasteiger partial charge in [0.2, 0.25) is 6.79 Å². The van der Waals surface area contributed by atoms with Gasteiger partial charge in [-0.05, 0) is 31.4 Å². The Labute approximate surface area is 122 Å². The maximum absolute atomic E-state index is 12.6. The molecule has 1 aliphatic carbocycles. The Morgan fingerprint density at radius 1 is 1.40 bits per heavy atom. The molecular formula is C14H16ClNO4. The van der Waals surface area contributed by atoms with Crippen molar-refractivity contribution in [2.45, 2.75) is 25.3 Å². The largest absolute Gasteiger partial charge is 0.454 e. The average molecular weight is 298 g/mol. The third-order valence-corrected chi connectivity index (χ3v) is 4.07. The molecule has 6 heteroatoms. The second kappa shape index (κ2) is 5.50. The standard InChI is InChI=1S/C14H16ClNO4/c15-11-6-9(7-12-13(11)20-8-19-12)14(18)16(4-5-17)10-2-1-3-10/h6-7,10,17H,1-5,8H2. The zero-order valence-electron chi connectivity index (χ0n) is 11.0. The lowest BCUT2D eigenvalue weighted by molar-refractivity contribution is 0.0525. The number of rotatable bonds is 4. The lowest BCUT2D eigenvalue weighted by Gasteiger charge is -2.37. The van der Waals surface area contributed by atoms with Gasteiger partial charge < -0.3 is 19.5 Å². The van der Waals surface area contributed by atoms with Gasteiger partial charge in [0.1, 0.15) is 0 Å². The molecule has 0 aromatic heterocycles. The Kier molecular flexibility index (Phi) is 3.72. The summed E-state index contributed by atoms with van der Waals surface area (Å²) in [6.45, 7) is 0.422. The van der Waals surface area contributed by atoms with E-state index in [-0.39, 0.29) is 25.3 Å². The van der Waals surface area contributed by atoms with Crippen molar-refractivity contribution in [1.29, 1.82) is 0 Å². The Balaban J connectivity index is 1.87. The average Bonchev–Trinajstić information content (AvgIpc) is 2.84. The van der Waals surface area contributed by atoms with E-state index in [1.54, 1.807) is 17.0 Å². The Morgan fingerprint density at radius 3 is 2.85 bits per heavy atom. The molecular weight excluding hydrogens is 282 g/mol. The second-order valence-corrected chi connectivity index (χ2v) is 5.41. The van der Waals surface area contributed by atoms with E-state index in [1.165, 1.54) is 0 Å². The van der Waals surface area contributed by atoms with E-state index in [9.17, 15) is 4.79 Å². The SMILES string of the molecule is O=C(c1cc(Cl)c2c(c1)OCO2)N(CCO)C1CCC1. The molecule has 5 nitrogen and oxygen atoms in total. The maximum Gasteiger partial charge on any atom is 0.254 e. The Hall–Kier alpha value is -1.46. The summed E-state index contributed by atoms with van der Waals surface area (Å²) in [4.78, 5) is 14.3. The van der Waals surface area contributed by atoms with Crippen LogP contribution in [0.2, 0.25) is 5.02 Å². The van der Waals surface area contributed by atoms with Crippen LogP contribution in [-0.4, -0.2) is 41.9 Å². The number of fused-ring (bicyclic) bond motifs is 1. The second-order valence-electron chi connectivity index (χ2n) is 5.00. The van der Waals surface area contributed by atoms with Crippen molar-refractivity contribution in [3.05, 3.63) is 22.7 Å². The summed E-state index contributed by atoms with van der Waals surface area (Å²) in [6, 6.07) is 3.47. The van der Waals surface area contributed by atoms with Crippen LogP contribution in [0, 0.1) is 0 Å². The van der Waals surface area contributed by atoms with Crippen LogP contribution in [0.5, 0.6) is 11.5 Å². The van der Waals surface area contributed by atoms with Gasteiger partial charge >= 0.3 is 0 Å². The monoisotopic (exact) mass is 297 g/mol. The minimum absolute atomic E-state index is 0.0411. The number of ether oxygens (including phenoxy) is 2. The molecule has 0 unspecified atom stereocenters. The van der Waals surface area contributed by atoms with Crippen molar-refractivity contribution in [2.75, 3.05) is 19.9 Å². The van der Waals surface area contributed by atoms with Gasteiger partial charge in [-0.2, -0.15) is 0 Å². The predicted molar refractivity (Wildman–Crippen MR) is 73.3 cm³/mol. The molecule has 1 aromatic carbocycles. The van der Waals surface area contributed by atoms with E-state index in [0.29, 0.717) is 28.6 Å². The number of hydrogen-bond acceptors (Lipinski definition) is 4. The predicted octanol–water partition coefficient (Wildman–Crippen LogP) is 2.06. The van der Waals surface area contributed by atoms with Crippen molar-refractivity contribution in [3.63, 3.8) is 0 Å². The van der Waals surface area contributed by atoms with Gasteiger partial charge in [0.25, 0.3) is 5.91 Å². The smallest absolute Gasteiger partial charge is 0.254 e. The summed E-state index contributed by atoms with van der Waals surface area (Å²) >= 11 is 6.10. The highest BCUT2D eigenvalue weighted by atomic mass is 35.5. The van der Waals surface area contributed by atoms with Gasteiger partial charge in [-0.3, -0.25) is 4.79 Å². The van der Waals surface area contributed by atoms with Gasteiger partial charge in [0.05, 0.1) is 11.6 Å². The van der Waals surface area contributed by atoms with E-state index in [0.717, 1.165) is 19.3 Å². The van der Waals surface area contributed by atoms with Crippen LogP contribution in [-0.2, 0) is 0 Å². The summed E-state index contributed by atoms with van der Waals surface area (Å²) in [7, 11) is 0. The first kappa shape index (κ1) is 13.5. The number of hydrogen-bond donors (Lipinski definition) is 1. The first-order valence-corrected chi connectivity index (χ1v) is 7.09. The molecule has 20 heavy (non-hydrogen) atoms. The summed E-state index contributed by atoms with van der Waals surface area (Å²) in [6.07, 6.45) is 3.11. The topological polar surface area (TPSA) is 59.0 Å². The number of amides is 1. The summed E-state index contributed by atoms with van der Waals surface area (Å²) < 4.78 is 10.5. The lowest BCUT2D eigenvalue weighted by atomic mass is 9.91. The van der Waals surface area contributed by atoms with Crippen LogP contribution >= 0.6 is 11.6 Å². The maximum atomic E-state index is 12.6. The molecule has 1 N–H and O–H groups in total. The molecule has 2 aliphatic rings. The fourth-order valence-corrected chi connectivity index (χ4v) is 2.78. The molecule has 0 radical (unpaired) electrons. The molecule has 0 bridgehead atoms. The molecule has 3 rings (SSSR count). The molecule has 0 spiro atoms. The van der Waals surface area contributed by atoms with Gasteiger partial charge in [0.15, 0.2) is 11.5 Å². The Bertz CT molecular complexity index is 530. The molecule has 1 aliphatic heterocycles. The van der Waals surface area contributed by atoms with Crippen LogP contribution in [0.3, 0.4) is 0 Å². The molecule has 108 valence electrons. The van der Waals surface area contributed by atoms with Crippen molar-refractivity contribution < 1.29 is 19.4 Å². The molecule has 1 fully saturated rings. The third kappa shape index (κ3) is 2.31. The number of carbonyl (C=O) groups excluding carboxylic acids is 1. The van der Waals surface area contributed by atoms with Gasteiger partial charge in [-0.1, -0.05) is 11.6 Å². The summed E-state index contributed by atoms with van der Waals surface area (Å²) in [5.74, 6) is 0.864. The number of nitrogens with zero attached hydrogens (tertiary/aromatic N) is 1. The van der Waals surface area contributed by atoms with Gasteiger partial charge in [-0.15, -0.1) is 0 Å². The number of halogens is 1. The molecule has 0 atom stereocenters.